The molecule has 0 unspecified atom stereocenters. The molecule has 0 aliphatic rings. The Morgan fingerprint density at radius 3 is 2.50 bits per heavy atom. The molecule has 0 aromatic heterocycles. The van der Waals surface area contributed by atoms with E-state index in [1.807, 2.05) is 30.3 Å². The largest absolute Gasteiger partial charge is 0.383 e. The van der Waals surface area contributed by atoms with Crippen LogP contribution in [-0.2, 0) is 20.9 Å². The first-order valence-electron chi connectivity index (χ1n) is 5.75. The summed E-state index contributed by atoms with van der Waals surface area (Å²) < 4.78 is 4.87. The Labute approximate surface area is 107 Å². The maximum atomic E-state index is 11.5. The lowest BCUT2D eigenvalue weighted by Crippen LogP contribution is -2.44. The number of amides is 2. The predicted molar refractivity (Wildman–Crippen MR) is 67.8 cm³/mol. The molecule has 0 fully saturated rings. The number of hydrogen-bond donors (Lipinski definition) is 2. The first-order chi connectivity index (χ1) is 8.63. The smallest absolute Gasteiger partial charge is 0.309 e. The van der Waals surface area contributed by atoms with Crippen molar-refractivity contribution in [3.05, 3.63) is 35.9 Å². The fraction of sp³-hybridized carbons (Fsp3) is 0.385. The molecule has 1 aromatic rings. The second-order valence-corrected chi connectivity index (χ2v) is 4.00. The molecule has 1 aromatic carbocycles. The van der Waals surface area contributed by atoms with Gasteiger partial charge in [0.15, 0.2) is 0 Å². The van der Waals surface area contributed by atoms with Gasteiger partial charge in [0.2, 0.25) is 0 Å². The second-order valence-electron chi connectivity index (χ2n) is 4.00. The zero-order valence-corrected chi connectivity index (χ0v) is 10.6. The Morgan fingerprint density at radius 2 is 1.89 bits per heavy atom. The van der Waals surface area contributed by atoms with E-state index in [0.29, 0.717) is 13.2 Å². The Bertz CT molecular complexity index is 392. The van der Waals surface area contributed by atoms with E-state index in [9.17, 15) is 9.59 Å². The van der Waals surface area contributed by atoms with Crippen LogP contribution in [0.4, 0.5) is 0 Å². The molecule has 0 spiro atoms. The van der Waals surface area contributed by atoms with E-state index < -0.39 is 11.8 Å². The van der Waals surface area contributed by atoms with Crippen molar-refractivity contribution in [2.24, 2.45) is 0 Å². The van der Waals surface area contributed by atoms with Gasteiger partial charge in [-0.15, -0.1) is 0 Å². The Kier molecular flexibility index (Phi) is 5.87. The molecule has 0 radical (unpaired) electrons. The van der Waals surface area contributed by atoms with Crippen LogP contribution in [0.3, 0.4) is 0 Å². The van der Waals surface area contributed by atoms with Crippen LogP contribution in [0.1, 0.15) is 12.5 Å². The third-order valence-corrected chi connectivity index (χ3v) is 2.30. The van der Waals surface area contributed by atoms with Gasteiger partial charge in [0.05, 0.1) is 6.61 Å². The van der Waals surface area contributed by atoms with E-state index in [1.54, 1.807) is 6.92 Å². The molecule has 0 bridgehead atoms. The molecule has 98 valence electrons. The molecule has 2 amide bonds. The summed E-state index contributed by atoms with van der Waals surface area (Å²) in [6, 6.07) is 9.22. The fourth-order valence-electron chi connectivity index (χ4n) is 1.44. The van der Waals surface area contributed by atoms with E-state index in [4.69, 9.17) is 4.74 Å². The Hall–Kier alpha value is -1.88. The summed E-state index contributed by atoms with van der Waals surface area (Å²) in [4.78, 5) is 23.0. The number of ether oxygens (including phenoxy) is 1. The fourth-order valence-corrected chi connectivity index (χ4v) is 1.44. The van der Waals surface area contributed by atoms with Gasteiger partial charge in [0.25, 0.3) is 0 Å². The number of benzene rings is 1. The predicted octanol–water partition coefficient (Wildman–Crippen LogP) is 0.454. The molecule has 5 nitrogen and oxygen atoms in total. The van der Waals surface area contributed by atoms with Crippen molar-refractivity contribution in [3.63, 3.8) is 0 Å². The van der Waals surface area contributed by atoms with E-state index in [0.717, 1.165) is 5.56 Å². The maximum absolute atomic E-state index is 11.5. The standard InChI is InChI=1S/C13H18N2O3/c1-10(9-18-2)15-13(17)12(16)14-8-11-6-4-3-5-7-11/h3-7,10H,8-9H2,1-2H3,(H,14,16)(H,15,17)/t10-/m0/s1. The average molecular weight is 250 g/mol. The second kappa shape index (κ2) is 7.45. The number of carbonyl (C=O) groups excluding carboxylic acids is 2. The van der Waals surface area contributed by atoms with Crippen LogP contribution in [0.2, 0.25) is 0 Å². The van der Waals surface area contributed by atoms with Gasteiger partial charge in [-0.2, -0.15) is 0 Å². The summed E-state index contributed by atoms with van der Waals surface area (Å²) in [7, 11) is 1.54. The van der Waals surface area contributed by atoms with Crippen LogP contribution in [0.25, 0.3) is 0 Å². The van der Waals surface area contributed by atoms with Gasteiger partial charge < -0.3 is 15.4 Å². The molecule has 0 aliphatic carbocycles. The van der Waals surface area contributed by atoms with Gasteiger partial charge >= 0.3 is 11.8 Å². The molecule has 0 saturated carbocycles. The monoisotopic (exact) mass is 250 g/mol. The minimum Gasteiger partial charge on any atom is -0.383 e. The van der Waals surface area contributed by atoms with Crippen molar-refractivity contribution in [2.75, 3.05) is 13.7 Å². The van der Waals surface area contributed by atoms with Crippen LogP contribution in [0.5, 0.6) is 0 Å². The van der Waals surface area contributed by atoms with Crippen molar-refractivity contribution in [3.8, 4) is 0 Å². The average Bonchev–Trinajstić information content (AvgIpc) is 2.37. The highest BCUT2D eigenvalue weighted by molar-refractivity contribution is 6.35. The summed E-state index contributed by atoms with van der Waals surface area (Å²) >= 11 is 0. The summed E-state index contributed by atoms with van der Waals surface area (Å²) in [5, 5.41) is 5.10. The van der Waals surface area contributed by atoms with Crippen molar-refractivity contribution in [2.45, 2.75) is 19.5 Å². The summed E-state index contributed by atoms with van der Waals surface area (Å²) in [6.45, 7) is 2.48. The quantitative estimate of drug-likeness (QED) is 0.746. The molecule has 0 heterocycles. The minimum atomic E-state index is -0.643. The third-order valence-electron chi connectivity index (χ3n) is 2.30. The third kappa shape index (κ3) is 4.97. The van der Waals surface area contributed by atoms with Crippen LogP contribution >= 0.6 is 0 Å². The lowest BCUT2D eigenvalue weighted by Gasteiger charge is -2.12. The first-order valence-corrected chi connectivity index (χ1v) is 5.75. The lowest BCUT2D eigenvalue weighted by atomic mass is 10.2. The molecule has 2 N–H and O–H groups in total. The van der Waals surface area contributed by atoms with Gasteiger partial charge in [-0.3, -0.25) is 9.59 Å². The van der Waals surface area contributed by atoms with Crippen molar-refractivity contribution < 1.29 is 14.3 Å². The topological polar surface area (TPSA) is 67.4 Å². The Morgan fingerprint density at radius 1 is 1.22 bits per heavy atom. The first kappa shape index (κ1) is 14.2. The van der Waals surface area contributed by atoms with E-state index in [1.165, 1.54) is 7.11 Å². The minimum absolute atomic E-state index is 0.190. The van der Waals surface area contributed by atoms with Crippen LogP contribution < -0.4 is 10.6 Å². The van der Waals surface area contributed by atoms with Crippen LogP contribution in [-0.4, -0.2) is 31.6 Å². The SMILES string of the molecule is COC[C@H](C)NC(=O)C(=O)NCc1ccccc1. The number of nitrogens with one attached hydrogen (secondary N) is 2. The summed E-state index contributed by atoms with van der Waals surface area (Å²) in [5.74, 6) is -1.28. The highest BCUT2D eigenvalue weighted by Crippen LogP contribution is 1.96. The number of rotatable bonds is 5. The normalized spacial score (nSPS) is 11.7. The van der Waals surface area contributed by atoms with Gasteiger partial charge in [0.1, 0.15) is 0 Å². The van der Waals surface area contributed by atoms with Crippen molar-refractivity contribution in [1.29, 1.82) is 0 Å². The van der Waals surface area contributed by atoms with E-state index in [-0.39, 0.29) is 6.04 Å². The molecule has 1 atom stereocenters. The molecule has 0 saturated heterocycles. The molecule has 1 rings (SSSR count). The van der Waals surface area contributed by atoms with E-state index >= 15 is 0 Å². The highest BCUT2D eigenvalue weighted by atomic mass is 16.5. The summed E-state index contributed by atoms with van der Waals surface area (Å²) in [5.41, 5.74) is 0.948. The molecule has 18 heavy (non-hydrogen) atoms. The Balaban J connectivity index is 2.34. The summed E-state index contributed by atoms with van der Waals surface area (Å²) in [6.07, 6.45) is 0. The maximum Gasteiger partial charge on any atom is 0.309 e. The molecule has 0 aliphatic heterocycles. The van der Waals surface area contributed by atoms with Crippen LogP contribution in [0, 0.1) is 0 Å². The molecular formula is C13H18N2O3. The van der Waals surface area contributed by atoms with Crippen molar-refractivity contribution in [1.82, 2.24) is 10.6 Å². The highest BCUT2D eigenvalue weighted by Gasteiger charge is 2.15. The zero-order valence-electron chi connectivity index (χ0n) is 10.6. The van der Waals surface area contributed by atoms with Crippen molar-refractivity contribution >= 4 is 11.8 Å². The lowest BCUT2D eigenvalue weighted by molar-refractivity contribution is -0.139. The van der Waals surface area contributed by atoms with Gasteiger partial charge in [-0.1, -0.05) is 30.3 Å². The number of carbonyl (C=O) groups is 2. The van der Waals surface area contributed by atoms with Gasteiger partial charge in [-0.05, 0) is 12.5 Å². The zero-order chi connectivity index (χ0) is 13.4. The number of hydrogen-bond acceptors (Lipinski definition) is 3. The van der Waals surface area contributed by atoms with Gasteiger partial charge in [0, 0.05) is 19.7 Å². The van der Waals surface area contributed by atoms with Crippen LogP contribution in [0.15, 0.2) is 30.3 Å². The molecular weight excluding hydrogens is 232 g/mol. The molecule has 5 heteroatoms. The number of methoxy groups -OCH3 is 1. The van der Waals surface area contributed by atoms with E-state index in [2.05, 4.69) is 10.6 Å². The van der Waals surface area contributed by atoms with Gasteiger partial charge in [-0.25, -0.2) is 0 Å².